The number of benzene rings is 2. The molecule has 1 fully saturated rings. The second-order valence-corrected chi connectivity index (χ2v) is 7.95. The molecule has 33 heavy (non-hydrogen) atoms. The smallest absolute Gasteiger partial charge is 0.227 e. The molecule has 0 aliphatic carbocycles. The Labute approximate surface area is 191 Å². The summed E-state index contributed by atoms with van der Waals surface area (Å²) in [7, 11) is 1.64. The van der Waals surface area contributed by atoms with Gasteiger partial charge in [0.2, 0.25) is 5.95 Å². The van der Waals surface area contributed by atoms with Crippen molar-refractivity contribution in [1.82, 2.24) is 24.8 Å². The van der Waals surface area contributed by atoms with Crippen molar-refractivity contribution in [2.45, 2.75) is 18.9 Å². The van der Waals surface area contributed by atoms with E-state index >= 15 is 0 Å². The Morgan fingerprint density at radius 1 is 1.06 bits per heavy atom. The van der Waals surface area contributed by atoms with Crippen LogP contribution in [0.1, 0.15) is 18.9 Å². The third-order valence-electron chi connectivity index (χ3n) is 5.82. The zero-order valence-corrected chi connectivity index (χ0v) is 18.3. The molecule has 3 heterocycles. The number of nitrogens with one attached hydrogen (secondary N) is 2. The van der Waals surface area contributed by atoms with Crippen LogP contribution in [0.2, 0.25) is 0 Å². The Kier molecular flexibility index (Phi) is 5.99. The van der Waals surface area contributed by atoms with E-state index in [2.05, 4.69) is 20.2 Å². The molecule has 0 spiro atoms. The van der Waals surface area contributed by atoms with E-state index in [1.54, 1.807) is 25.4 Å². The average molecular weight is 445 g/mol. The number of imidazole rings is 1. The van der Waals surface area contributed by atoms with Gasteiger partial charge in [0.15, 0.2) is 0 Å². The van der Waals surface area contributed by atoms with Crippen LogP contribution in [-0.2, 0) is 0 Å². The monoisotopic (exact) mass is 444 g/mol. The van der Waals surface area contributed by atoms with Crippen LogP contribution >= 0.6 is 0 Å². The molecule has 168 valence electrons. The number of aromatic nitrogens is 4. The predicted octanol–water partition coefficient (Wildman–Crippen LogP) is 4.82. The summed E-state index contributed by atoms with van der Waals surface area (Å²) in [5.41, 5.74) is 3.41. The number of hydrogen-bond donors (Lipinski definition) is 2. The van der Waals surface area contributed by atoms with E-state index in [0.717, 1.165) is 60.1 Å². The van der Waals surface area contributed by atoms with Crippen molar-refractivity contribution >= 4 is 11.6 Å². The lowest BCUT2D eigenvalue weighted by Gasteiger charge is -2.27. The maximum atomic E-state index is 13.5. The van der Waals surface area contributed by atoms with Gasteiger partial charge >= 0.3 is 0 Å². The first-order valence-corrected chi connectivity index (χ1v) is 11.0. The summed E-state index contributed by atoms with van der Waals surface area (Å²) in [5.74, 6) is 1.80. The minimum Gasteiger partial charge on any atom is -0.497 e. The predicted molar refractivity (Wildman–Crippen MR) is 126 cm³/mol. The molecule has 0 amide bonds. The molecule has 0 atom stereocenters. The second kappa shape index (κ2) is 9.38. The van der Waals surface area contributed by atoms with Crippen LogP contribution in [0.25, 0.3) is 22.8 Å². The highest BCUT2D eigenvalue weighted by molar-refractivity contribution is 5.65. The lowest BCUT2D eigenvalue weighted by Crippen LogP contribution is -2.30. The van der Waals surface area contributed by atoms with Gasteiger partial charge in [-0.05, 0) is 68.4 Å². The number of anilines is 2. The van der Waals surface area contributed by atoms with Gasteiger partial charge in [0.1, 0.15) is 17.4 Å². The van der Waals surface area contributed by atoms with Crippen LogP contribution < -0.4 is 15.4 Å². The van der Waals surface area contributed by atoms with Gasteiger partial charge in [0.25, 0.3) is 0 Å². The topological polar surface area (TPSA) is 76.9 Å². The third-order valence-corrected chi connectivity index (χ3v) is 5.82. The van der Waals surface area contributed by atoms with Crippen molar-refractivity contribution in [3.8, 4) is 28.5 Å². The minimum atomic E-state index is -0.261. The molecule has 5 rings (SSSR count). The highest BCUT2D eigenvalue weighted by Gasteiger charge is 2.23. The van der Waals surface area contributed by atoms with Crippen molar-refractivity contribution in [2.24, 2.45) is 0 Å². The molecule has 1 aliphatic heterocycles. The van der Waals surface area contributed by atoms with E-state index in [0.29, 0.717) is 5.95 Å². The maximum Gasteiger partial charge on any atom is 0.227 e. The molecule has 0 bridgehead atoms. The number of rotatable bonds is 6. The van der Waals surface area contributed by atoms with Crippen LogP contribution in [0.3, 0.4) is 0 Å². The van der Waals surface area contributed by atoms with Gasteiger partial charge in [-0.15, -0.1) is 0 Å². The Morgan fingerprint density at radius 3 is 2.67 bits per heavy atom. The molecule has 2 N–H and O–H groups in total. The lowest BCUT2D eigenvalue weighted by atomic mass is 10.0. The van der Waals surface area contributed by atoms with Crippen LogP contribution in [0.15, 0.2) is 67.0 Å². The number of piperidine rings is 1. The normalized spacial score (nSPS) is 14.2. The summed E-state index contributed by atoms with van der Waals surface area (Å²) in [6.45, 7) is 1.88. The zero-order valence-electron chi connectivity index (χ0n) is 18.3. The van der Waals surface area contributed by atoms with Crippen LogP contribution in [0, 0.1) is 5.82 Å². The number of hydrogen-bond acceptors (Lipinski definition) is 6. The van der Waals surface area contributed by atoms with Crippen LogP contribution in [-0.4, -0.2) is 39.7 Å². The largest absolute Gasteiger partial charge is 0.497 e. The van der Waals surface area contributed by atoms with Gasteiger partial charge in [0, 0.05) is 29.6 Å². The van der Waals surface area contributed by atoms with E-state index in [4.69, 9.17) is 14.7 Å². The van der Waals surface area contributed by atoms with Gasteiger partial charge in [-0.2, -0.15) is 0 Å². The molecule has 2 aromatic carbocycles. The minimum absolute atomic E-state index is 0.261. The van der Waals surface area contributed by atoms with Crippen molar-refractivity contribution in [1.29, 1.82) is 0 Å². The number of halogens is 1. The fraction of sp³-hybridized carbons (Fsp3) is 0.240. The Morgan fingerprint density at radius 2 is 1.88 bits per heavy atom. The van der Waals surface area contributed by atoms with E-state index in [-0.39, 0.29) is 11.9 Å². The van der Waals surface area contributed by atoms with E-state index < -0.39 is 0 Å². The average Bonchev–Trinajstić information content (AvgIpc) is 3.31. The van der Waals surface area contributed by atoms with Crippen molar-refractivity contribution in [3.05, 3.63) is 72.8 Å². The molecule has 4 aromatic rings. The van der Waals surface area contributed by atoms with Gasteiger partial charge in [-0.1, -0.05) is 6.07 Å². The van der Waals surface area contributed by atoms with Gasteiger partial charge in [-0.25, -0.2) is 19.3 Å². The Balaban J connectivity index is 1.53. The molecule has 0 radical (unpaired) electrons. The number of ether oxygens (including phenoxy) is 1. The first-order valence-electron chi connectivity index (χ1n) is 11.0. The summed E-state index contributed by atoms with van der Waals surface area (Å²) in [6, 6.07) is 16.3. The summed E-state index contributed by atoms with van der Waals surface area (Å²) in [6.07, 6.45) is 5.55. The van der Waals surface area contributed by atoms with Gasteiger partial charge in [-0.3, -0.25) is 0 Å². The molecule has 8 heteroatoms. The number of methoxy groups -OCH3 is 1. The SMILES string of the molecule is COc1cccc(Nc2nccc(-c3cnc(-c4ccc(F)cc4)n3C3CCNCC3)n2)c1. The van der Waals surface area contributed by atoms with E-state index in [1.807, 2.05) is 36.5 Å². The molecule has 0 saturated carbocycles. The summed E-state index contributed by atoms with van der Waals surface area (Å²) >= 11 is 0. The molecular formula is C25H25FN6O. The molecule has 7 nitrogen and oxygen atoms in total. The first-order chi connectivity index (χ1) is 16.2. The molecular weight excluding hydrogens is 419 g/mol. The fourth-order valence-electron chi connectivity index (χ4n) is 4.19. The fourth-order valence-corrected chi connectivity index (χ4v) is 4.19. The standard InChI is InChI=1S/C25H25FN6O/c1-33-21-4-2-3-19(15-21)30-25-28-14-11-22(31-25)23-16-29-24(17-5-7-18(26)8-6-17)32(23)20-9-12-27-13-10-20/h2-8,11,14-16,20,27H,9-10,12-13H2,1H3,(H,28,30,31). The van der Waals surface area contributed by atoms with E-state index in [1.165, 1.54) is 12.1 Å². The highest BCUT2D eigenvalue weighted by atomic mass is 19.1. The lowest BCUT2D eigenvalue weighted by molar-refractivity contribution is 0.373. The van der Waals surface area contributed by atoms with Crippen molar-refractivity contribution in [3.63, 3.8) is 0 Å². The van der Waals surface area contributed by atoms with Crippen LogP contribution in [0.5, 0.6) is 5.75 Å². The second-order valence-electron chi connectivity index (χ2n) is 7.95. The zero-order chi connectivity index (χ0) is 22.6. The quantitative estimate of drug-likeness (QED) is 0.444. The highest BCUT2D eigenvalue weighted by Crippen LogP contribution is 2.33. The number of nitrogens with zero attached hydrogens (tertiary/aromatic N) is 4. The first kappa shape index (κ1) is 21.1. The van der Waals surface area contributed by atoms with E-state index in [9.17, 15) is 4.39 Å². The van der Waals surface area contributed by atoms with Gasteiger partial charge in [0.05, 0.1) is 24.7 Å². The summed E-state index contributed by atoms with van der Waals surface area (Å²) in [5, 5.41) is 6.67. The molecule has 2 aromatic heterocycles. The van der Waals surface area contributed by atoms with Gasteiger partial charge < -0.3 is 19.9 Å². The molecule has 0 unspecified atom stereocenters. The summed E-state index contributed by atoms with van der Waals surface area (Å²) < 4.78 is 21.1. The molecule has 1 saturated heterocycles. The van der Waals surface area contributed by atoms with Crippen molar-refractivity contribution in [2.75, 3.05) is 25.5 Å². The third kappa shape index (κ3) is 4.56. The van der Waals surface area contributed by atoms with Crippen LogP contribution in [0.4, 0.5) is 16.0 Å². The maximum absolute atomic E-state index is 13.5. The molecule has 1 aliphatic rings. The Hall–Kier alpha value is -3.78. The Bertz CT molecular complexity index is 1230. The summed E-state index contributed by atoms with van der Waals surface area (Å²) in [4.78, 5) is 13.9. The van der Waals surface area contributed by atoms with Crippen molar-refractivity contribution < 1.29 is 9.13 Å².